The lowest BCUT2D eigenvalue weighted by Crippen LogP contribution is -2.35. The molecule has 120 valence electrons. The van der Waals surface area contributed by atoms with Crippen LogP contribution in [0, 0.1) is 12.7 Å². The lowest BCUT2D eigenvalue weighted by molar-refractivity contribution is 0.293. The predicted molar refractivity (Wildman–Crippen MR) is 83.1 cm³/mol. The van der Waals surface area contributed by atoms with Crippen molar-refractivity contribution >= 4 is 15.7 Å². The van der Waals surface area contributed by atoms with E-state index in [0.29, 0.717) is 12.1 Å². The van der Waals surface area contributed by atoms with E-state index in [1.54, 1.807) is 6.92 Å². The van der Waals surface area contributed by atoms with Crippen molar-refractivity contribution in [3.05, 3.63) is 23.5 Å². The van der Waals surface area contributed by atoms with Gasteiger partial charge in [0.1, 0.15) is 10.7 Å². The summed E-state index contributed by atoms with van der Waals surface area (Å²) < 4.78 is 40.5. The second-order valence-electron chi connectivity index (χ2n) is 4.97. The van der Waals surface area contributed by atoms with E-state index in [1.165, 1.54) is 0 Å². The van der Waals surface area contributed by atoms with Crippen molar-refractivity contribution < 1.29 is 12.8 Å². The van der Waals surface area contributed by atoms with E-state index in [-0.39, 0.29) is 12.2 Å². The van der Waals surface area contributed by atoms with Crippen LogP contribution >= 0.6 is 0 Å². The van der Waals surface area contributed by atoms with Gasteiger partial charge < -0.3 is 10.6 Å². The number of likely N-dealkylation sites (N-methyl/N-ethyl adjacent to an activating group) is 1. The molecule has 5 nitrogen and oxygen atoms in total. The van der Waals surface area contributed by atoms with Gasteiger partial charge in [-0.05, 0) is 44.1 Å². The molecule has 0 bridgehead atoms. The molecule has 0 aliphatic rings. The number of nitrogen functional groups attached to an aromatic ring is 1. The summed E-state index contributed by atoms with van der Waals surface area (Å²) in [6.07, 6.45) is 1.00. The molecule has 0 fully saturated rings. The van der Waals surface area contributed by atoms with Gasteiger partial charge in [-0.15, -0.1) is 0 Å². The first-order valence-electron chi connectivity index (χ1n) is 7.09. The Morgan fingerprint density at radius 2 is 1.95 bits per heavy atom. The van der Waals surface area contributed by atoms with Gasteiger partial charge in [0.05, 0.1) is 0 Å². The molecule has 0 heterocycles. The van der Waals surface area contributed by atoms with Crippen LogP contribution in [0.25, 0.3) is 0 Å². The van der Waals surface area contributed by atoms with Crippen molar-refractivity contribution in [3.8, 4) is 0 Å². The number of hydrogen-bond donors (Lipinski definition) is 2. The monoisotopic (exact) mass is 317 g/mol. The second-order valence-corrected chi connectivity index (χ2v) is 6.71. The molecule has 0 saturated carbocycles. The van der Waals surface area contributed by atoms with Gasteiger partial charge in [0, 0.05) is 18.8 Å². The summed E-state index contributed by atoms with van der Waals surface area (Å²) >= 11 is 0. The molecule has 7 heteroatoms. The minimum Gasteiger partial charge on any atom is -0.398 e. The topological polar surface area (TPSA) is 75.4 Å². The highest BCUT2D eigenvalue weighted by atomic mass is 32.2. The van der Waals surface area contributed by atoms with Crippen molar-refractivity contribution in [3.63, 3.8) is 0 Å². The summed E-state index contributed by atoms with van der Waals surface area (Å²) in [5.74, 6) is -0.782. The molecule has 0 aliphatic heterocycles. The summed E-state index contributed by atoms with van der Waals surface area (Å²) in [7, 11) is -3.88. The number of rotatable bonds is 8. The van der Waals surface area contributed by atoms with Crippen molar-refractivity contribution in [2.24, 2.45) is 0 Å². The Labute approximate surface area is 126 Å². The van der Waals surface area contributed by atoms with E-state index in [9.17, 15) is 12.8 Å². The number of sulfonamides is 1. The number of hydrogen-bond acceptors (Lipinski definition) is 4. The largest absolute Gasteiger partial charge is 0.398 e. The Kier molecular flexibility index (Phi) is 6.57. The van der Waals surface area contributed by atoms with Crippen molar-refractivity contribution in [1.29, 1.82) is 0 Å². The first-order valence-corrected chi connectivity index (χ1v) is 8.57. The number of aryl methyl sites for hydroxylation is 1. The minimum absolute atomic E-state index is 0.239. The van der Waals surface area contributed by atoms with Crippen molar-refractivity contribution in [2.45, 2.75) is 32.1 Å². The summed E-state index contributed by atoms with van der Waals surface area (Å²) in [5.41, 5.74) is 6.44. The summed E-state index contributed by atoms with van der Waals surface area (Å²) in [5, 5.41) is 0. The number of anilines is 1. The zero-order chi connectivity index (χ0) is 16.0. The number of benzene rings is 1. The van der Waals surface area contributed by atoms with Gasteiger partial charge in [0.15, 0.2) is 0 Å². The van der Waals surface area contributed by atoms with Crippen molar-refractivity contribution in [1.82, 2.24) is 9.62 Å². The standard InChI is InChI=1S/C14H24FN3O2S/c1-4-7-18(5-2)8-6-17-21(19,20)14-10-13(16)11(3)9-12(14)15/h9-10,17H,4-8,16H2,1-3H3. The molecule has 0 aliphatic carbocycles. The average Bonchev–Trinajstić information content (AvgIpc) is 2.41. The maximum atomic E-state index is 13.8. The SMILES string of the molecule is CCCN(CC)CCNS(=O)(=O)c1cc(N)c(C)cc1F. The highest BCUT2D eigenvalue weighted by Crippen LogP contribution is 2.21. The Bertz CT molecular complexity index is 576. The molecule has 1 aromatic rings. The van der Waals surface area contributed by atoms with Crippen LogP contribution in [0.15, 0.2) is 17.0 Å². The van der Waals surface area contributed by atoms with Gasteiger partial charge in [0.2, 0.25) is 10.0 Å². The average molecular weight is 317 g/mol. The highest BCUT2D eigenvalue weighted by Gasteiger charge is 2.20. The maximum Gasteiger partial charge on any atom is 0.243 e. The molecule has 0 unspecified atom stereocenters. The smallest absolute Gasteiger partial charge is 0.243 e. The first kappa shape index (κ1) is 17.9. The third-order valence-electron chi connectivity index (χ3n) is 3.32. The number of nitrogens with one attached hydrogen (secondary N) is 1. The van der Waals surface area contributed by atoms with Crippen LogP contribution in [0.1, 0.15) is 25.8 Å². The first-order chi connectivity index (χ1) is 9.81. The van der Waals surface area contributed by atoms with Crippen LogP contribution in [-0.4, -0.2) is 39.5 Å². The molecular weight excluding hydrogens is 293 g/mol. The Morgan fingerprint density at radius 1 is 1.29 bits per heavy atom. The van der Waals surface area contributed by atoms with Crippen LogP contribution in [-0.2, 0) is 10.0 Å². The third kappa shape index (κ3) is 4.94. The molecule has 21 heavy (non-hydrogen) atoms. The van der Waals surface area contributed by atoms with Crippen LogP contribution in [0.2, 0.25) is 0 Å². The Balaban J connectivity index is 2.76. The van der Waals surface area contributed by atoms with E-state index in [4.69, 9.17) is 5.73 Å². The summed E-state index contributed by atoms with van der Waals surface area (Å²) in [6, 6.07) is 2.30. The van der Waals surface area contributed by atoms with E-state index in [2.05, 4.69) is 16.5 Å². The van der Waals surface area contributed by atoms with Crippen molar-refractivity contribution in [2.75, 3.05) is 31.9 Å². The molecule has 0 amide bonds. The maximum absolute atomic E-state index is 13.8. The van der Waals surface area contributed by atoms with E-state index >= 15 is 0 Å². The Hall–Kier alpha value is -1.18. The van der Waals surface area contributed by atoms with Gasteiger partial charge in [-0.3, -0.25) is 0 Å². The molecule has 0 atom stereocenters. The van der Waals surface area contributed by atoms with Crippen LogP contribution in [0.5, 0.6) is 0 Å². The quantitative estimate of drug-likeness (QED) is 0.716. The number of nitrogens with two attached hydrogens (primary N) is 1. The lowest BCUT2D eigenvalue weighted by Gasteiger charge is -2.19. The van der Waals surface area contributed by atoms with Crippen LogP contribution < -0.4 is 10.5 Å². The molecular formula is C14H24FN3O2S. The molecule has 0 spiro atoms. The number of halogens is 1. The van der Waals surface area contributed by atoms with Gasteiger partial charge in [-0.2, -0.15) is 0 Å². The zero-order valence-corrected chi connectivity index (χ0v) is 13.6. The zero-order valence-electron chi connectivity index (χ0n) is 12.8. The fourth-order valence-electron chi connectivity index (χ4n) is 2.03. The molecule has 0 aromatic heterocycles. The van der Waals surface area contributed by atoms with Crippen LogP contribution in [0.4, 0.5) is 10.1 Å². The highest BCUT2D eigenvalue weighted by molar-refractivity contribution is 7.89. The van der Waals surface area contributed by atoms with E-state index in [0.717, 1.165) is 31.6 Å². The predicted octanol–water partition coefficient (Wildman–Crippen LogP) is 1.73. The molecule has 0 saturated heterocycles. The van der Waals surface area contributed by atoms with Gasteiger partial charge in [0.25, 0.3) is 0 Å². The lowest BCUT2D eigenvalue weighted by atomic mass is 10.2. The number of nitrogens with zero attached hydrogens (tertiary/aromatic N) is 1. The summed E-state index contributed by atoms with van der Waals surface area (Å²) in [6.45, 7) is 8.30. The van der Waals surface area contributed by atoms with E-state index < -0.39 is 20.7 Å². The fraction of sp³-hybridized carbons (Fsp3) is 0.571. The minimum atomic E-state index is -3.88. The van der Waals surface area contributed by atoms with Gasteiger partial charge >= 0.3 is 0 Å². The van der Waals surface area contributed by atoms with Gasteiger partial charge in [-0.1, -0.05) is 13.8 Å². The normalized spacial score (nSPS) is 12.0. The second kappa shape index (κ2) is 7.72. The molecule has 1 aromatic carbocycles. The Morgan fingerprint density at radius 3 is 2.52 bits per heavy atom. The van der Waals surface area contributed by atoms with Crippen LogP contribution in [0.3, 0.4) is 0 Å². The molecule has 0 radical (unpaired) electrons. The molecule has 3 N–H and O–H groups in total. The van der Waals surface area contributed by atoms with Gasteiger partial charge in [-0.25, -0.2) is 17.5 Å². The fourth-order valence-corrected chi connectivity index (χ4v) is 3.15. The summed E-state index contributed by atoms with van der Waals surface area (Å²) in [4.78, 5) is 1.73. The molecule has 1 rings (SSSR count). The third-order valence-corrected chi connectivity index (χ3v) is 4.79. The van der Waals surface area contributed by atoms with E-state index in [1.807, 2.05) is 6.92 Å².